The standard InChI is InChI=1S/C18H17NO/c1-14-7-9-15(10-8-14)18-12-11-17(20-18)13-19-16-5-3-2-4-6-16/h2-12,19H,13H2,1H3. The summed E-state index contributed by atoms with van der Waals surface area (Å²) in [5, 5.41) is 3.34. The van der Waals surface area contributed by atoms with E-state index >= 15 is 0 Å². The Hall–Kier alpha value is -2.48. The number of hydrogen-bond donors (Lipinski definition) is 1. The van der Waals surface area contributed by atoms with Gasteiger partial charge in [-0.2, -0.15) is 0 Å². The Kier molecular flexibility index (Phi) is 3.55. The molecule has 0 spiro atoms. The highest BCUT2D eigenvalue weighted by Crippen LogP contribution is 2.23. The minimum Gasteiger partial charge on any atom is -0.459 e. The summed E-state index contributed by atoms with van der Waals surface area (Å²) < 4.78 is 5.87. The van der Waals surface area contributed by atoms with Gasteiger partial charge in [0.15, 0.2) is 0 Å². The Labute approximate surface area is 119 Å². The first-order chi connectivity index (χ1) is 9.81. The van der Waals surface area contributed by atoms with E-state index in [1.165, 1.54) is 5.56 Å². The van der Waals surface area contributed by atoms with Gasteiger partial charge in [-0.15, -0.1) is 0 Å². The molecule has 1 heterocycles. The van der Waals surface area contributed by atoms with Crippen molar-refractivity contribution in [1.82, 2.24) is 0 Å². The topological polar surface area (TPSA) is 25.2 Å². The SMILES string of the molecule is Cc1ccc(-c2ccc(CNc3ccccc3)o2)cc1. The third-order valence-electron chi connectivity index (χ3n) is 3.24. The van der Waals surface area contributed by atoms with Crippen LogP contribution in [0.25, 0.3) is 11.3 Å². The van der Waals surface area contributed by atoms with Crippen LogP contribution in [0, 0.1) is 6.92 Å². The number of para-hydroxylation sites is 1. The van der Waals surface area contributed by atoms with Crippen LogP contribution in [0.3, 0.4) is 0 Å². The number of rotatable bonds is 4. The Morgan fingerprint density at radius 2 is 1.60 bits per heavy atom. The molecule has 0 bridgehead atoms. The molecule has 2 nitrogen and oxygen atoms in total. The molecule has 0 radical (unpaired) electrons. The maximum atomic E-state index is 5.87. The van der Waals surface area contributed by atoms with E-state index in [-0.39, 0.29) is 0 Å². The van der Waals surface area contributed by atoms with Gasteiger partial charge in [-0.1, -0.05) is 48.0 Å². The molecule has 0 saturated carbocycles. The lowest BCUT2D eigenvalue weighted by atomic mass is 10.1. The van der Waals surface area contributed by atoms with Crippen molar-refractivity contribution in [3.05, 3.63) is 78.1 Å². The van der Waals surface area contributed by atoms with E-state index in [4.69, 9.17) is 4.42 Å². The van der Waals surface area contributed by atoms with E-state index < -0.39 is 0 Å². The lowest BCUT2D eigenvalue weighted by Gasteiger charge is -2.03. The first-order valence-electron chi connectivity index (χ1n) is 6.76. The molecule has 3 rings (SSSR count). The van der Waals surface area contributed by atoms with Crippen LogP contribution in [-0.2, 0) is 6.54 Å². The third kappa shape index (κ3) is 2.91. The minimum atomic E-state index is 0.690. The van der Waals surface area contributed by atoms with Crippen LogP contribution < -0.4 is 5.32 Å². The fourth-order valence-corrected chi connectivity index (χ4v) is 2.09. The summed E-state index contributed by atoms with van der Waals surface area (Å²) in [4.78, 5) is 0. The lowest BCUT2D eigenvalue weighted by molar-refractivity contribution is 0.531. The largest absolute Gasteiger partial charge is 0.459 e. The van der Waals surface area contributed by atoms with Crippen molar-refractivity contribution < 1.29 is 4.42 Å². The molecule has 0 unspecified atom stereocenters. The molecule has 1 aromatic heterocycles. The summed E-state index contributed by atoms with van der Waals surface area (Å²) >= 11 is 0. The van der Waals surface area contributed by atoms with Gasteiger partial charge in [0.25, 0.3) is 0 Å². The highest BCUT2D eigenvalue weighted by Gasteiger charge is 2.04. The monoisotopic (exact) mass is 263 g/mol. The number of furan rings is 1. The summed E-state index contributed by atoms with van der Waals surface area (Å²) in [5.41, 5.74) is 3.47. The summed E-state index contributed by atoms with van der Waals surface area (Å²) in [6, 6.07) is 22.5. The molecular formula is C18H17NO. The average Bonchev–Trinajstić information content (AvgIpc) is 2.96. The molecule has 20 heavy (non-hydrogen) atoms. The second-order valence-corrected chi connectivity index (χ2v) is 4.85. The first kappa shape index (κ1) is 12.5. The van der Waals surface area contributed by atoms with E-state index in [9.17, 15) is 0 Å². The highest BCUT2D eigenvalue weighted by molar-refractivity contribution is 5.58. The van der Waals surface area contributed by atoms with Crippen molar-refractivity contribution in [3.8, 4) is 11.3 Å². The number of aryl methyl sites for hydroxylation is 1. The fraction of sp³-hybridized carbons (Fsp3) is 0.111. The Bertz CT molecular complexity index is 668. The van der Waals surface area contributed by atoms with Gasteiger partial charge < -0.3 is 9.73 Å². The van der Waals surface area contributed by atoms with Crippen LogP contribution in [0.1, 0.15) is 11.3 Å². The van der Waals surface area contributed by atoms with Gasteiger partial charge >= 0.3 is 0 Å². The highest BCUT2D eigenvalue weighted by atomic mass is 16.3. The number of benzene rings is 2. The maximum absolute atomic E-state index is 5.87. The summed E-state index contributed by atoms with van der Waals surface area (Å²) in [7, 11) is 0. The second-order valence-electron chi connectivity index (χ2n) is 4.85. The van der Waals surface area contributed by atoms with Gasteiger partial charge in [-0.05, 0) is 31.2 Å². The molecule has 0 atom stereocenters. The van der Waals surface area contributed by atoms with Gasteiger partial charge in [0.1, 0.15) is 11.5 Å². The van der Waals surface area contributed by atoms with Crippen molar-refractivity contribution in [2.75, 3.05) is 5.32 Å². The van der Waals surface area contributed by atoms with Gasteiger partial charge in [0, 0.05) is 11.3 Å². The molecule has 0 amide bonds. The van der Waals surface area contributed by atoms with Crippen molar-refractivity contribution in [2.24, 2.45) is 0 Å². The van der Waals surface area contributed by atoms with Crippen LogP contribution >= 0.6 is 0 Å². The summed E-state index contributed by atoms with van der Waals surface area (Å²) in [6.45, 7) is 2.77. The smallest absolute Gasteiger partial charge is 0.134 e. The zero-order valence-electron chi connectivity index (χ0n) is 11.5. The second kappa shape index (κ2) is 5.66. The van der Waals surface area contributed by atoms with Crippen molar-refractivity contribution in [2.45, 2.75) is 13.5 Å². The van der Waals surface area contributed by atoms with E-state index in [0.29, 0.717) is 6.54 Å². The van der Waals surface area contributed by atoms with Gasteiger partial charge in [-0.25, -0.2) is 0 Å². The molecule has 0 aliphatic carbocycles. The van der Waals surface area contributed by atoms with Crippen LogP contribution in [0.4, 0.5) is 5.69 Å². The van der Waals surface area contributed by atoms with E-state index in [0.717, 1.165) is 22.8 Å². The fourth-order valence-electron chi connectivity index (χ4n) is 2.09. The Morgan fingerprint density at radius 3 is 2.35 bits per heavy atom. The van der Waals surface area contributed by atoms with Crippen molar-refractivity contribution >= 4 is 5.69 Å². The Morgan fingerprint density at radius 1 is 0.850 bits per heavy atom. The summed E-state index contributed by atoms with van der Waals surface area (Å²) in [6.07, 6.45) is 0. The van der Waals surface area contributed by atoms with Crippen LogP contribution in [0.2, 0.25) is 0 Å². The van der Waals surface area contributed by atoms with E-state index in [1.807, 2.05) is 42.5 Å². The van der Waals surface area contributed by atoms with Crippen molar-refractivity contribution in [1.29, 1.82) is 0 Å². The van der Waals surface area contributed by atoms with Gasteiger partial charge in [0.2, 0.25) is 0 Å². The van der Waals surface area contributed by atoms with Crippen molar-refractivity contribution in [3.63, 3.8) is 0 Å². The summed E-state index contributed by atoms with van der Waals surface area (Å²) in [5.74, 6) is 1.85. The van der Waals surface area contributed by atoms with Crippen LogP contribution in [-0.4, -0.2) is 0 Å². The third-order valence-corrected chi connectivity index (χ3v) is 3.24. The predicted molar refractivity (Wildman–Crippen MR) is 82.6 cm³/mol. The quantitative estimate of drug-likeness (QED) is 0.726. The van der Waals surface area contributed by atoms with Crippen LogP contribution in [0.5, 0.6) is 0 Å². The number of nitrogens with one attached hydrogen (secondary N) is 1. The molecule has 3 aromatic rings. The van der Waals surface area contributed by atoms with E-state index in [1.54, 1.807) is 0 Å². The molecule has 0 aliphatic heterocycles. The predicted octanol–water partition coefficient (Wildman–Crippen LogP) is 4.87. The molecular weight excluding hydrogens is 246 g/mol. The zero-order valence-corrected chi connectivity index (χ0v) is 11.5. The van der Waals surface area contributed by atoms with Crippen LogP contribution in [0.15, 0.2) is 71.1 Å². The Balaban J connectivity index is 1.69. The molecule has 2 aromatic carbocycles. The normalized spacial score (nSPS) is 10.4. The zero-order chi connectivity index (χ0) is 13.8. The molecule has 0 fully saturated rings. The maximum Gasteiger partial charge on any atom is 0.134 e. The molecule has 0 aliphatic rings. The minimum absolute atomic E-state index is 0.690. The molecule has 1 N–H and O–H groups in total. The molecule has 2 heteroatoms. The lowest BCUT2D eigenvalue weighted by Crippen LogP contribution is -1.97. The molecule has 0 saturated heterocycles. The number of hydrogen-bond acceptors (Lipinski definition) is 2. The van der Waals surface area contributed by atoms with Gasteiger partial charge in [-0.3, -0.25) is 0 Å². The molecule has 100 valence electrons. The van der Waals surface area contributed by atoms with E-state index in [2.05, 4.69) is 36.5 Å². The number of anilines is 1. The first-order valence-corrected chi connectivity index (χ1v) is 6.76. The average molecular weight is 263 g/mol. The van der Waals surface area contributed by atoms with Gasteiger partial charge in [0.05, 0.1) is 6.54 Å².